The van der Waals surface area contributed by atoms with E-state index in [0.717, 1.165) is 41.7 Å². The van der Waals surface area contributed by atoms with Gasteiger partial charge in [0.1, 0.15) is 25.9 Å². The van der Waals surface area contributed by atoms with Crippen molar-refractivity contribution in [1.29, 1.82) is 0 Å². The number of fused-ring (bicyclic) bond motifs is 1. The summed E-state index contributed by atoms with van der Waals surface area (Å²) in [6.45, 7) is 5.89. The van der Waals surface area contributed by atoms with Gasteiger partial charge < -0.3 is 39.8 Å². The first-order valence-electron chi connectivity index (χ1n) is 30.6. The molecule has 6 rings (SSSR count). The highest BCUT2D eigenvalue weighted by molar-refractivity contribution is 6.07. The number of terminal acetylenes is 1. The number of piperidine rings is 1. The smallest absolute Gasteiger partial charge is 0.317 e. The van der Waals surface area contributed by atoms with Crippen molar-refractivity contribution < 1.29 is 66.5 Å². The predicted octanol–water partition coefficient (Wildman–Crippen LogP) is 2.19. The Morgan fingerprint density at radius 3 is 2.12 bits per heavy atom. The fraction of sp³-hybridized carbons (Fsp3) is 0.548. The van der Waals surface area contributed by atoms with Gasteiger partial charge >= 0.3 is 5.97 Å². The lowest BCUT2D eigenvalue weighted by Gasteiger charge is -2.33. The second kappa shape index (κ2) is 38.7. The molecule has 27 nitrogen and oxygen atoms in total. The number of hydrogen-bond acceptors (Lipinski definition) is 21. The van der Waals surface area contributed by atoms with Crippen LogP contribution in [0.3, 0.4) is 0 Å². The number of aliphatic carboxylic acids is 1. The number of carboxylic acid groups (broad SMARTS) is 1. The molecule has 3 saturated heterocycles. The molecule has 494 valence electrons. The van der Waals surface area contributed by atoms with Crippen LogP contribution < -0.4 is 31.6 Å². The number of pyridine rings is 1. The van der Waals surface area contributed by atoms with E-state index >= 15 is 0 Å². The Morgan fingerprint density at radius 2 is 1.45 bits per heavy atom. The van der Waals surface area contributed by atoms with E-state index in [1.165, 1.54) is 18.5 Å². The Bertz CT molecular complexity index is 2980. The Morgan fingerprint density at radius 1 is 0.791 bits per heavy atom. The van der Waals surface area contributed by atoms with Crippen LogP contribution in [-0.2, 0) is 43.0 Å². The quantitative estimate of drug-likeness (QED) is 0.0125. The highest BCUT2D eigenvalue weighted by Gasteiger charge is 2.46. The number of hydrazone groups is 3. The van der Waals surface area contributed by atoms with Gasteiger partial charge in [-0.15, -0.1) is 6.42 Å². The number of carboxylic acids is 1. The molecule has 0 bridgehead atoms. The number of amides is 5. The van der Waals surface area contributed by atoms with E-state index in [9.17, 15) is 52.2 Å². The fourth-order valence-corrected chi connectivity index (χ4v) is 10.5. The SMILES string of the molecule is C#C[C@H]1CC(F)(F)CN1C(=O)CNC(=O)c1ccnc2ccc(OCCCC3CCN(C(=O)CCCCCC(=O)N/N=C\C(C/C=N/NCN/N=C/c4ccc(C)cc4)NC(=O)CN4CCN(COC=O)CCN(COC=O)CCN(CC(=O)O)CC4)CC3)cc12. The molecule has 0 saturated carbocycles. The standard InChI is InChI=1S/C62H85F2N15O12/c1-3-51-35-62(63,64)41-79(51)59(85)38-66-61(88)53-18-21-65-55-16-15-52(34-54(53)55)91-33-7-8-48-19-23-78(24-20-48)58(84)10-6-4-5-9-56(82)73-69-37-50(17-22-67-70-42-71-68-36-49-13-11-47(2)12-14-49)72-57(83)39-74-25-26-75(40-60(86)87)28-30-77(44-90-46-81)32-31-76(29-27-74)43-89-45-80/h1,11-16,18,21-22,34,36-37,45-46,48,50-51,70-71H,4-10,17,19-20,23-33,35,38-44H2,2H3,(H,66,88)(H,72,83)(H,73,82)(H,86,87)/b67-22+,68-36+,69-37-/t50?,51-/m0/s1. The average Bonchev–Trinajstić information content (AvgIpc) is 1.96. The number of ether oxygens (including phenoxy) is 3. The van der Waals surface area contributed by atoms with Gasteiger partial charge in [0.25, 0.3) is 24.8 Å². The molecule has 3 aliphatic rings. The van der Waals surface area contributed by atoms with Gasteiger partial charge in [0.15, 0.2) is 0 Å². The zero-order chi connectivity index (χ0) is 65.2. The molecule has 1 aromatic heterocycles. The molecule has 3 aliphatic heterocycles. The molecule has 2 atom stereocenters. The maximum atomic E-state index is 14.0. The molecule has 3 aromatic rings. The maximum Gasteiger partial charge on any atom is 0.317 e. The number of halogens is 2. The highest BCUT2D eigenvalue weighted by atomic mass is 19.3. The summed E-state index contributed by atoms with van der Waals surface area (Å²) in [4.78, 5) is 114. The van der Waals surface area contributed by atoms with Crippen molar-refractivity contribution in [3.63, 3.8) is 0 Å². The van der Waals surface area contributed by atoms with Crippen LogP contribution in [0.2, 0.25) is 0 Å². The van der Waals surface area contributed by atoms with Gasteiger partial charge in [0, 0.05) is 115 Å². The molecule has 91 heavy (non-hydrogen) atoms. The number of likely N-dealkylation sites (tertiary alicyclic amines) is 2. The van der Waals surface area contributed by atoms with Gasteiger partial charge in [-0.1, -0.05) is 42.2 Å². The Kier molecular flexibility index (Phi) is 30.4. The lowest BCUT2D eigenvalue weighted by molar-refractivity contribution is -0.139. The van der Waals surface area contributed by atoms with Crippen molar-refractivity contribution in [3.8, 4) is 18.1 Å². The van der Waals surface area contributed by atoms with E-state index in [0.29, 0.717) is 133 Å². The fourth-order valence-electron chi connectivity index (χ4n) is 10.5. The molecule has 6 N–H and O–H groups in total. The average molecular weight is 1270 g/mol. The van der Waals surface area contributed by atoms with Crippen LogP contribution >= 0.6 is 0 Å². The Labute approximate surface area is 528 Å². The van der Waals surface area contributed by atoms with Crippen LogP contribution in [0.5, 0.6) is 5.75 Å². The van der Waals surface area contributed by atoms with Crippen molar-refractivity contribution in [2.45, 2.75) is 95.6 Å². The second-order valence-electron chi connectivity index (χ2n) is 22.5. The summed E-state index contributed by atoms with van der Waals surface area (Å²) in [7, 11) is 0. The minimum Gasteiger partial charge on any atom is -0.494 e. The van der Waals surface area contributed by atoms with Crippen LogP contribution in [0, 0.1) is 25.2 Å². The number of hydrogen-bond donors (Lipinski definition) is 6. The number of benzene rings is 2. The molecular formula is C62H85F2N15O12. The van der Waals surface area contributed by atoms with E-state index in [2.05, 4.69) is 53.1 Å². The number of aromatic nitrogens is 1. The minimum atomic E-state index is -3.09. The van der Waals surface area contributed by atoms with E-state index in [1.807, 2.05) is 50.8 Å². The third-order valence-electron chi connectivity index (χ3n) is 15.6. The molecule has 1 unspecified atom stereocenters. The van der Waals surface area contributed by atoms with Crippen molar-refractivity contribution >= 4 is 78.0 Å². The maximum absolute atomic E-state index is 14.0. The first-order chi connectivity index (χ1) is 44.0. The topological polar surface area (TPSA) is 314 Å². The molecule has 5 amide bonds. The Balaban J connectivity index is 0.907. The van der Waals surface area contributed by atoms with Crippen molar-refractivity contribution in [1.82, 2.24) is 61.3 Å². The summed E-state index contributed by atoms with van der Waals surface area (Å²) in [6, 6.07) is 12.8. The zero-order valence-corrected chi connectivity index (χ0v) is 51.6. The van der Waals surface area contributed by atoms with Gasteiger partial charge in [0.05, 0.1) is 62.2 Å². The summed E-state index contributed by atoms with van der Waals surface area (Å²) >= 11 is 0. The van der Waals surface area contributed by atoms with Crippen LogP contribution in [0.25, 0.3) is 10.9 Å². The summed E-state index contributed by atoms with van der Waals surface area (Å²) in [5.41, 5.74) is 11.1. The Hall–Kier alpha value is -8.72. The van der Waals surface area contributed by atoms with Crippen molar-refractivity contribution in [3.05, 3.63) is 71.4 Å². The molecule has 4 heterocycles. The molecule has 0 spiro atoms. The number of carbonyl (C=O) groups excluding carboxylic acids is 7. The highest BCUT2D eigenvalue weighted by Crippen LogP contribution is 2.32. The first kappa shape index (κ1) is 71.4. The van der Waals surface area contributed by atoms with Crippen molar-refractivity contribution in [2.75, 3.05) is 118 Å². The largest absolute Gasteiger partial charge is 0.494 e. The molecular weight excluding hydrogens is 1180 g/mol. The van der Waals surface area contributed by atoms with Gasteiger partial charge in [-0.2, -0.15) is 15.3 Å². The summed E-state index contributed by atoms with van der Waals surface area (Å²) in [5, 5.41) is 28.2. The molecule has 0 radical (unpaired) electrons. The number of carbonyl (C=O) groups is 8. The zero-order valence-electron chi connectivity index (χ0n) is 51.6. The van der Waals surface area contributed by atoms with E-state index < -0.39 is 55.3 Å². The van der Waals surface area contributed by atoms with Crippen LogP contribution in [0.1, 0.15) is 92.1 Å². The molecule has 3 fully saturated rings. The lowest BCUT2D eigenvalue weighted by Crippen LogP contribution is -2.50. The number of aryl methyl sites for hydroxylation is 1. The number of alkyl halides is 2. The monoisotopic (exact) mass is 1270 g/mol. The molecule has 0 aliphatic carbocycles. The summed E-state index contributed by atoms with van der Waals surface area (Å²) < 4.78 is 44.0. The number of nitrogens with one attached hydrogen (secondary N) is 5. The van der Waals surface area contributed by atoms with Gasteiger partial charge in [-0.25, -0.2) is 14.2 Å². The van der Waals surface area contributed by atoms with E-state index in [4.69, 9.17) is 20.6 Å². The number of nitrogens with zero attached hydrogens (tertiary/aromatic N) is 10. The molecule has 2 aromatic carbocycles. The van der Waals surface area contributed by atoms with Gasteiger partial charge in [0.2, 0.25) is 23.6 Å². The van der Waals surface area contributed by atoms with Gasteiger partial charge in [-0.3, -0.25) is 73.8 Å². The van der Waals surface area contributed by atoms with Crippen molar-refractivity contribution in [2.24, 2.45) is 21.2 Å². The van der Waals surface area contributed by atoms with E-state index in [1.54, 1.807) is 35.5 Å². The van der Waals surface area contributed by atoms with E-state index in [-0.39, 0.29) is 69.3 Å². The third-order valence-corrected chi connectivity index (χ3v) is 15.6. The van der Waals surface area contributed by atoms with Crippen LogP contribution in [-0.4, -0.2) is 243 Å². The molecule has 29 heteroatoms. The number of unbranched alkanes of at least 4 members (excludes halogenated alkanes) is 2. The number of rotatable bonds is 34. The third kappa shape index (κ3) is 26.3. The van der Waals surface area contributed by atoms with Crippen LogP contribution in [0.15, 0.2) is 70.0 Å². The second-order valence-corrected chi connectivity index (χ2v) is 22.5. The summed E-state index contributed by atoms with van der Waals surface area (Å²) in [6.07, 6.45) is 16.8. The first-order valence-corrected chi connectivity index (χ1v) is 30.6. The summed E-state index contributed by atoms with van der Waals surface area (Å²) in [5.74, 6) is -2.84. The normalized spacial score (nSPS) is 17.8. The van der Waals surface area contributed by atoms with Crippen LogP contribution in [0.4, 0.5) is 8.78 Å². The minimum absolute atomic E-state index is 0.000377. The van der Waals surface area contributed by atoms with Gasteiger partial charge in [-0.05, 0) is 81.2 Å². The lowest BCUT2D eigenvalue weighted by atomic mass is 9.92. The predicted molar refractivity (Wildman–Crippen MR) is 334 cm³/mol.